The molecule has 1 aromatic rings. The van der Waals surface area contributed by atoms with Crippen molar-refractivity contribution in [3.63, 3.8) is 0 Å². The number of carbonyl (C=O) groups excluding carboxylic acids is 1. The van der Waals surface area contributed by atoms with E-state index < -0.39 is 0 Å². The van der Waals surface area contributed by atoms with Crippen molar-refractivity contribution in [2.75, 3.05) is 19.1 Å². The van der Waals surface area contributed by atoms with Crippen LogP contribution >= 0.6 is 11.8 Å². The number of nitrogens with two attached hydrogens (primary N) is 1. The van der Waals surface area contributed by atoms with Crippen LogP contribution in [0.5, 0.6) is 0 Å². The summed E-state index contributed by atoms with van der Waals surface area (Å²) in [5.74, 6) is 1.68. The van der Waals surface area contributed by atoms with E-state index in [1.165, 1.54) is 6.26 Å². The Morgan fingerprint density at radius 1 is 1.65 bits per heavy atom. The van der Waals surface area contributed by atoms with Crippen molar-refractivity contribution in [2.45, 2.75) is 25.9 Å². The summed E-state index contributed by atoms with van der Waals surface area (Å²) in [6.07, 6.45) is 4.53. The maximum absolute atomic E-state index is 12.1. The monoisotopic (exact) mass is 256 g/mol. The Bertz CT molecular complexity index is 365. The molecular weight excluding hydrogens is 236 g/mol. The summed E-state index contributed by atoms with van der Waals surface area (Å²) in [5, 5.41) is 0. The zero-order chi connectivity index (χ0) is 12.8. The van der Waals surface area contributed by atoms with Crippen LogP contribution in [0, 0.1) is 0 Å². The summed E-state index contributed by atoms with van der Waals surface area (Å²) in [7, 11) is 1.82. The second kappa shape index (κ2) is 6.71. The summed E-state index contributed by atoms with van der Waals surface area (Å²) in [6, 6.07) is 1.94. The molecule has 0 aliphatic carbocycles. The number of hydrogen-bond donors (Lipinski definition) is 1. The molecule has 0 spiro atoms. The van der Waals surface area contributed by atoms with Crippen molar-refractivity contribution in [1.29, 1.82) is 0 Å². The average molecular weight is 256 g/mol. The predicted molar refractivity (Wildman–Crippen MR) is 71.2 cm³/mol. The molecule has 1 heterocycles. The lowest BCUT2D eigenvalue weighted by molar-refractivity contribution is 0.0740. The van der Waals surface area contributed by atoms with Crippen LogP contribution < -0.4 is 5.73 Å². The third-order valence-electron chi connectivity index (χ3n) is 2.82. The van der Waals surface area contributed by atoms with E-state index in [2.05, 4.69) is 13.2 Å². The van der Waals surface area contributed by atoms with Gasteiger partial charge in [-0.15, -0.1) is 0 Å². The van der Waals surface area contributed by atoms with Crippen molar-refractivity contribution in [2.24, 2.45) is 5.73 Å². The average Bonchev–Trinajstić information content (AvgIpc) is 2.82. The molecule has 1 amide bonds. The highest BCUT2D eigenvalue weighted by atomic mass is 32.2. The van der Waals surface area contributed by atoms with Crippen LogP contribution in [0.15, 0.2) is 16.7 Å². The van der Waals surface area contributed by atoms with E-state index in [1.807, 2.05) is 7.05 Å². The summed E-state index contributed by atoms with van der Waals surface area (Å²) in [4.78, 5) is 13.8. The van der Waals surface area contributed by atoms with Crippen molar-refractivity contribution >= 4 is 17.7 Å². The number of carbonyl (C=O) groups is 1. The van der Waals surface area contributed by atoms with Gasteiger partial charge in [-0.05, 0) is 31.4 Å². The van der Waals surface area contributed by atoms with Crippen LogP contribution in [-0.2, 0) is 6.54 Å². The molecule has 0 fully saturated rings. The van der Waals surface area contributed by atoms with Crippen LogP contribution in [0.3, 0.4) is 0 Å². The first kappa shape index (κ1) is 14.1. The lowest BCUT2D eigenvalue weighted by Gasteiger charge is -2.24. The zero-order valence-electron chi connectivity index (χ0n) is 10.6. The highest BCUT2D eigenvalue weighted by Crippen LogP contribution is 2.13. The zero-order valence-corrected chi connectivity index (χ0v) is 11.4. The number of amides is 1. The van der Waals surface area contributed by atoms with Gasteiger partial charge in [0.05, 0.1) is 12.1 Å². The molecule has 0 aromatic carbocycles. The Hall–Kier alpha value is -0.940. The van der Waals surface area contributed by atoms with Crippen LogP contribution in [0.1, 0.15) is 29.5 Å². The Morgan fingerprint density at radius 2 is 2.35 bits per heavy atom. The third kappa shape index (κ3) is 3.78. The van der Waals surface area contributed by atoms with E-state index in [4.69, 9.17) is 10.2 Å². The Balaban J connectivity index is 2.62. The van der Waals surface area contributed by atoms with Crippen LogP contribution in [0.4, 0.5) is 0 Å². The van der Waals surface area contributed by atoms with E-state index >= 15 is 0 Å². The van der Waals surface area contributed by atoms with E-state index in [0.717, 1.165) is 12.2 Å². The lowest BCUT2D eigenvalue weighted by atomic mass is 10.2. The SMILES string of the molecule is CSCCC(C)N(C)C(=O)c1coc(CN)c1. The standard InChI is InChI=1S/C12H20N2O2S/c1-9(4-5-17-3)14(2)12(15)10-6-11(7-13)16-8-10/h6,8-9H,4-5,7,13H2,1-3H3. The highest BCUT2D eigenvalue weighted by Gasteiger charge is 2.18. The first-order chi connectivity index (χ1) is 8.10. The summed E-state index contributed by atoms with van der Waals surface area (Å²) in [5.41, 5.74) is 6.02. The van der Waals surface area contributed by atoms with Crippen molar-refractivity contribution in [3.05, 3.63) is 23.7 Å². The van der Waals surface area contributed by atoms with Crippen LogP contribution in [-0.4, -0.2) is 35.9 Å². The minimum Gasteiger partial charge on any atom is -0.467 e. The topological polar surface area (TPSA) is 59.5 Å². The fourth-order valence-corrected chi connectivity index (χ4v) is 2.06. The number of furan rings is 1. The largest absolute Gasteiger partial charge is 0.467 e. The van der Waals surface area contributed by atoms with Crippen LogP contribution in [0.2, 0.25) is 0 Å². The minimum atomic E-state index is -0.0120. The van der Waals surface area contributed by atoms with E-state index in [0.29, 0.717) is 17.9 Å². The van der Waals surface area contributed by atoms with Gasteiger partial charge >= 0.3 is 0 Å². The fraction of sp³-hybridized carbons (Fsp3) is 0.583. The normalized spacial score (nSPS) is 12.5. The van der Waals surface area contributed by atoms with Crippen molar-refractivity contribution in [3.8, 4) is 0 Å². The molecule has 1 aromatic heterocycles. The molecule has 96 valence electrons. The first-order valence-corrected chi connectivity index (χ1v) is 7.03. The van der Waals surface area contributed by atoms with Gasteiger partial charge in [-0.1, -0.05) is 0 Å². The predicted octanol–water partition coefficient (Wildman–Crippen LogP) is 1.95. The van der Waals surface area contributed by atoms with Crippen molar-refractivity contribution in [1.82, 2.24) is 4.90 Å². The second-order valence-electron chi connectivity index (χ2n) is 4.05. The number of rotatable bonds is 6. The van der Waals surface area contributed by atoms with Gasteiger partial charge in [-0.2, -0.15) is 11.8 Å². The van der Waals surface area contributed by atoms with Gasteiger partial charge in [0.2, 0.25) is 0 Å². The van der Waals surface area contributed by atoms with Gasteiger partial charge in [-0.25, -0.2) is 0 Å². The molecule has 0 saturated heterocycles. The van der Waals surface area contributed by atoms with Gasteiger partial charge in [0.1, 0.15) is 12.0 Å². The quantitative estimate of drug-likeness (QED) is 0.845. The van der Waals surface area contributed by atoms with E-state index in [1.54, 1.807) is 22.7 Å². The second-order valence-corrected chi connectivity index (χ2v) is 5.04. The third-order valence-corrected chi connectivity index (χ3v) is 3.47. The Kier molecular flexibility index (Phi) is 5.58. The molecule has 1 unspecified atom stereocenters. The smallest absolute Gasteiger partial charge is 0.257 e. The molecule has 0 radical (unpaired) electrons. The minimum absolute atomic E-state index is 0.0120. The first-order valence-electron chi connectivity index (χ1n) is 5.63. The number of nitrogens with zero attached hydrogens (tertiary/aromatic N) is 1. The van der Waals surface area contributed by atoms with Crippen LogP contribution in [0.25, 0.3) is 0 Å². The van der Waals surface area contributed by atoms with Gasteiger partial charge in [0.25, 0.3) is 5.91 Å². The molecule has 1 atom stereocenters. The molecule has 0 bridgehead atoms. The molecule has 0 aliphatic heterocycles. The Labute approximate surface area is 107 Å². The maximum atomic E-state index is 12.1. The number of hydrogen-bond acceptors (Lipinski definition) is 4. The van der Waals surface area contributed by atoms with Crippen molar-refractivity contribution < 1.29 is 9.21 Å². The molecule has 5 heteroatoms. The fourth-order valence-electron chi connectivity index (χ4n) is 1.49. The Morgan fingerprint density at radius 3 is 2.88 bits per heavy atom. The molecule has 0 aliphatic rings. The summed E-state index contributed by atoms with van der Waals surface area (Å²) in [6.45, 7) is 2.37. The van der Waals surface area contributed by atoms with Gasteiger partial charge < -0.3 is 15.1 Å². The number of thioether (sulfide) groups is 1. The molecule has 1 rings (SSSR count). The van der Waals surface area contributed by atoms with E-state index in [9.17, 15) is 4.79 Å². The molecule has 4 nitrogen and oxygen atoms in total. The molecule has 0 saturated carbocycles. The van der Waals surface area contributed by atoms with Gasteiger partial charge in [0.15, 0.2) is 0 Å². The van der Waals surface area contributed by atoms with Gasteiger partial charge in [0, 0.05) is 13.1 Å². The summed E-state index contributed by atoms with van der Waals surface area (Å²) < 4.78 is 5.17. The molecule has 17 heavy (non-hydrogen) atoms. The summed E-state index contributed by atoms with van der Waals surface area (Å²) >= 11 is 1.79. The molecular formula is C12H20N2O2S. The maximum Gasteiger partial charge on any atom is 0.257 e. The van der Waals surface area contributed by atoms with Gasteiger partial charge in [-0.3, -0.25) is 4.79 Å². The lowest BCUT2D eigenvalue weighted by Crippen LogP contribution is -2.35. The highest BCUT2D eigenvalue weighted by molar-refractivity contribution is 7.98. The van der Waals surface area contributed by atoms with E-state index in [-0.39, 0.29) is 11.9 Å². The molecule has 2 N–H and O–H groups in total.